The molecule has 0 unspecified atom stereocenters. The zero-order valence-electron chi connectivity index (χ0n) is 22.1. The molecule has 2 aromatic carbocycles. The molecule has 0 spiro atoms. The largest absolute Gasteiger partial charge is 0.496 e. The molecule has 0 radical (unpaired) electrons. The van der Waals surface area contributed by atoms with Crippen LogP contribution in [-0.4, -0.2) is 62.5 Å². The van der Waals surface area contributed by atoms with Crippen LogP contribution in [0.2, 0.25) is 0 Å². The zero-order valence-corrected chi connectivity index (χ0v) is 22.1. The van der Waals surface area contributed by atoms with E-state index in [4.69, 9.17) is 15.5 Å². The number of aromatic nitrogens is 3. The number of methoxy groups -OCH3 is 1. The average molecular weight is 545 g/mol. The molecule has 0 saturated carbocycles. The Morgan fingerprint density at radius 3 is 2.65 bits per heavy atom. The number of amides is 2. The van der Waals surface area contributed by atoms with Gasteiger partial charge in [-0.2, -0.15) is 0 Å². The summed E-state index contributed by atoms with van der Waals surface area (Å²) in [7, 11) is 1.42. The Morgan fingerprint density at radius 2 is 1.98 bits per heavy atom. The Hall–Kier alpha value is -4.77. The molecule has 0 saturated heterocycles. The molecule has 0 fully saturated rings. The summed E-state index contributed by atoms with van der Waals surface area (Å²) >= 11 is 0. The van der Waals surface area contributed by atoms with Crippen molar-refractivity contribution in [3.63, 3.8) is 0 Å². The van der Waals surface area contributed by atoms with Crippen LogP contribution in [0.1, 0.15) is 35.0 Å². The number of carbonyl (C=O) groups is 2. The van der Waals surface area contributed by atoms with Gasteiger partial charge >= 0.3 is 0 Å². The van der Waals surface area contributed by atoms with Crippen molar-refractivity contribution < 1.29 is 23.8 Å². The Kier molecular flexibility index (Phi) is 7.47. The fourth-order valence-electron chi connectivity index (χ4n) is 4.75. The summed E-state index contributed by atoms with van der Waals surface area (Å²) in [6.45, 7) is 2.56. The van der Waals surface area contributed by atoms with Gasteiger partial charge in [-0.3, -0.25) is 14.0 Å². The molecule has 2 amide bonds. The number of fused-ring (bicyclic) bond motifs is 1. The fourth-order valence-corrected chi connectivity index (χ4v) is 4.75. The minimum absolute atomic E-state index is 0.119. The van der Waals surface area contributed by atoms with Crippen LogP contribution in [-0.2, 0) is 11.3 Å². The second-order valence-corrected chi connectivity index (χ2v) is 9.47. The summed E-state index contributed by atoms with van der Waals surface area (Å²) in [4.78, 5) is 35.6. The third-order valence-corrected chi connectivity index (χ3v) is 6.84. The van der Waals surface area contributed by atoms with Crippen LogP contribution < -0.4 is 15.8 Å². The van der Waals surface area contributed by atoms with Crippen molar-refractivity contribution in [1.82, 2.24) is 24.6 Å². The molecule has 1 atom stereocenters. The molecule has 11 heteroatoms. The highest BCUT2D eigenvalue weighted by Gasteiger charge is 2.24. The van der Waals surface area contributed by atoms with Crippen LogP contribution in [0.3, 0.4) is 0 Å². The van der Waals surface area contributed by atoms with Crippen LogP contribution >= 0.6 is 0 Å². The maximum Gasteiger partial charge on any atom is 0.255 e. The van der Waals surface area contributed by atoms with Gasteiger partial charge in [-0.1, -0.05) is 30.3 Å². The summed E-state index contributed by atoms with van der Waals surface area (Å²) < 4.78 is 20.6. The number of hydrogen-bond donors (Lipinski definition) is 3. The van der Waals surface area contributed by atoms with Gasteiger partial charge in [0.15, 0.2) is 0 Å². The third kappa shape index (κ3) is 5.23. The SMILES string of the molecule is COc1ccc(F)cc1C(=O)NCc1ccc(-c2nc(C3=CCN(C(=O)[C@H](C)O)CC3)c3ccnc(N)n23)cc1. The smallest absolute Gasteiger partial charge is 0.255 e. The van der Waals surface area contributed by atoms with Crippen molar-refractivity contribution in [1.29, 1.82) is 0 Å². The molecule has 1 aliphatic rings. The van der Waals surface area contributed by atoms with Crippen molar-refractivity contribution in [2.24, 2.45) is 0 Å². The molecule has 4 N–H and O–H groups in total. The number of nitrogens with zero attached hydrogens (tertiary/aromatic N) is 4. The number of nitrogen functional groups attached to an aromatic ring is 1. The topological polar surface area (TPSA) is 135 Å². The summed E-state index contributed by atoms with van der Waals surface area (Å²) in [6, 6.07) is 13.1. The van der Waals surface area contributed by atoms with Crippen molar-refractivity contribution in [3.8, 4) is 17.1 Å². The van der Waals surface area contributed by atoms with Crippen LogP contribution in [0.4, 0.5) is 10.3 Å². The Labute approximate surface area is 229 Å². The number of aliphatic hydroxyl groups excluding tert-OH is 1. The van der Waals surface area contributed by atoms with Crippen LogP contribution in [0, 0.1) is 5.82 Å². The lowest BCUT2D eigenvalue weighted by molar-refractivity contribution is -0.138. The van der Waals surface area contributed by atoms with Gasteiger partial charge in [0.25, 0.3) is 11.8 Å². The Morgan fingerprint density at radius 1 is 1.20 bits per heavy atom. The molecular formula is C29H29FN6O4. The number of nitrogens with two attached hydrogens (primary N) is 1. The van der Waals surface area contributed by atoms with Crippen molar-refractivity contribution >= 4 is 28.9 Å². The highest BCUT2D eigenvalue weighted by Crippen LogP contribution is 2.31. The number of aliphatic hydroxyl groups is 1. The second-order valence-electron chi connectivity index (χ2n) is 9.47. The van der Waals surface area contributed by atoms with Gasteiger partial charge < -0.3 is 25.8 Å². The minimum Gasteiger partial charge on any atom is -0.496 e. The number of benzene rings is 2. The van der Waals surface area contributed by atoms with E-state index in [0.717, 1.165) is 34.0 Å². The number of ether oxygens (including phenoxy) is 1. The number of imidazole rings is 1. The van der Waals surface area contributed by atoms with E-state index in [2.05, 4.69) is 10.3 Å². The van der Waals surface area contributed by atoms with E-state index in [1.54, 1.807) is 15.5 Å². The van der Waals surface area contributed by atoms with Crippen LogP contribution in [0.5, 0.6) is 5.75 Å². The maximum absolute atomic E-state index is 13.7. The van der Waals surface area contributed by atoms with E-state index in [9.17, 15) is 19.1 Å². The minimum atomic E-state index is -1.04. The first-order valence-electron chi connectivity index (χ1n) is 12.8. The zero-order chi connectivity index (χ0) is 28.4. The summed E-state index contributed by atoms with van der Waals surface area (Å²) in [5.41, 5.74) is 10.5. The van der Waals surface area contributed by atoms with Gasteiger partial charge in [0.05, 0.1) is 23.9 Å². The number of anilines is 1. The molecule has 10 nitrogen and oxygen atoms in total. The fraction of sp³-hybridized carbons (Fsp3) is 0.241. The summed E-state index contributed by atoms with van der Waals surface area (Å²) in [6.07, 6.45) is 3.13. The molecule has 40 heavy (non-hydrogen) atoms. The standard InChI is InChI=1S/C29H29FN6O4/c1-17(37)28(39)35-13-10-19(11-14-35)25-23-9-12-32-29(31)36(23)26(34-25)20-5-3-18(4-6-20)16-33-27(38)22-15-21(30)7-8-24(22)40-2/h3-10,12,15,17,37H,11,13-14,16H2,1-2H3,(H2,31,32)(H,33,38)/t17-/m0/s1. The molecule has 0 bridgehead atoms. The monoisotopic (exact) mass is 544 g/mol. The Bertz CT molecular complexity index is 1610. The molecule has 206 valence electrons. The van der Waals surface area contributed by atoms with Gasteiger partial charge in [-0.05, 0) is 48.7 Å². The number of hydrogen-bond acceptors (Lipinski definition) is 7. The van der Waals surface area contributed by atoms with Gasteiger partial charge in [-0.25, -0.2) is 14.4 Å². The molecular weight excluding hydrogens is 515 g/mol. The quantitative estimate of drug-likeness (QED) is 0.325. The van der Waals surface area contributed by atoms with Crippen molar-refractivity contribution in [2.75, 3.05) is 25.9 Å². The molecule has 2 aromatic heterocycles. The average Bonchev–Trinajstić information content (AvgIpc) is 3.37. The van der Waals surface area contributed by atoms with E-state index < -0.39 is 17.8 Å². The summed E-state index contributed by atoms with van der Waals surface area (Å²) in [5, 5.41) is 12.4. The first-order chi connectivity index (χ1) is 19.3. The number of rotatable bonds is 7. The predicted molar refractivity (Wildman–Crippen MR) is 148 cm³/mol. The van der Waals surface area contributed by atoms with Gasteiger partial charge in [0.2, 0.25) is 5.95 Å². The van der Waals surface area contributed by atoms with E-state index in [0.29, 0.717) is 25.3 Å². The van der Waals surface area contributed by atoms with Crippen molar-refractivity contribution in [3.05, 3.63) is 83.4 Å². The first kappa shape index (κ1) is 26.8. The molecule has 1 aliphatic heterocycles. The number of halogens is 1. The molecule has 0 aliphatic carbocycles. The second kappa shape index (κ2) is 11.1. The van der Waals surface area contributed by atoms with Crippen molar-refractivity contribution in [2.45, 2.75) is 26.0 Å². The number of carbonyl (C=O) groups excluding carboxylic acids is 2. The molecule has 5 rings (SSSR count). The highest BCUT2D eigenvalue weighted by atomic mass is 19.1. The van der Waals surface area contributed by atoms with Gasteiger partial charge in [0, 0.05) is 31.4 Å². The maximum atomic E-state index is 13.7. The van der Waals surface area contributed by atoms with Gasteiger partial charge in [-0.15, -0.1) is 0 Å². The lowest BCUT2D eigenvalue weighted by atomic mass is 10.0. The molecule has 3 heterocycles. The normalized spacial score (nSPS) is 14.1. The van der Waals surface area contributed by atoms with E-state index in [1.165, 1.54) is 26.2 Å². The van der Waals surface area contributed by atoms with E-state index >= 15 is 0 Å². The van der Waals surface area contributed by atoms with Crippen LogP contribution in [0.25, 0.3) is 22.5 Å². The Balaban J connectivity index is 1.38. The lowest BCUT2D eigenvalue weighted by Crippen LogP contribution is -2.40. The van der Waals surface area contributed by atoms with Crippen LogP contribution in [0.15, 0.2) is 60.8 Å². The summed E-state index contributed by atoms with van der Waals surface area (Å²) in [5.74, 6) is -0.0844. The lowest BCUT2D eigenvalue weighted by Gasteiger charge is -2.27. The van der Waals surface area contributed by atoms with Gasteiger partial charge in [0.1, 0.15) is 23.5 Å². The third-order valence-electron chi connectivity index (χ3n) is 6.84. The van der Waals surface area contributed by atoms with E-state index in [1.807, 2.05) is 36.4 Å². The molecule has 4 aromatic rings. The highest BCUT2D eigenvalue weighted by molar-refractivity contribution is 5.97. The van der Waals surface area contributed by atoms with E-state index in [-0.39, 0.29) is 29.7 Å². The number of nitrogens with one attached hydrogen (secondary N) is 1. The first-order valence-corrected chi connectivity index (χ1v) is 12.8. The predicted octanol–water partition coefficient (Wildman–Crippen LogP) is 3.05.